The topological polar surface area (TPSA) is 50.4 Å². The number of hydrogen-bond acceptors (Lipinski definition) is 3. The van der Waals surface area contributed by atoms with Crippen molar-refractivity contribution in [2.24, 2.45) is 0 Å². The Kier molecular flexibility index (Phi) is 4.47. The zero-order chi connectivity index (χ0) is 13.9. The van der Waals surface area contributed by atoms with Crippen molar-refractivity contribution >= 4 is 21.8 Å². The van der Waals surface area contributed by atoms with E-state index in [1.165, 1.54) is 0 Å². The first-order chi connectivity index (χ1) is 9.04. The van der Waals surface area contributed by atoms with Crippen LogP contribution in [0.4, 0.5) is 0 Å². The minimum absolute atomic E-state index is 0.0345. The molecule has 1 amide bonds. The number of benzene rings is 1. The van der Waals surface area contributed by atoms with E-state index in [1.54, 1.807) is 25.3 Å². The summed E-state index contributed by atoms with van der Waals surface area (Å²) >= 11 is 3.40. The first-order valence-corrected chi connectivity index (χ1v) is 7.20. The molecule has 0 saturated carbocycles. The monoisotopic (exact) mass is 326 g/mol. The molecular formula is C14H19BrN2O2. The van der Waals surface area contributed by atoms with Gasteiger partial charge >= 0.3 is 0 Å². The average molecular weight is 327 g/mol. The van der Waals surface area contributed by atoms with Gasteiger partial charge in [0.25, 0.3) is 5.91 Å². The standard InChI is InChI=1S/C14H19BrN2O2/c1-14(5-7-16-8-6-14)17-13(18)10-3-4-12(19-2)11(15)9-10/h3-4,9,16H,5-8H2,1-2H3,(H,17,18). The van der Waals surface area contributed by atoms with Gasteiger partial charge in [-0.15, -0.1) is 0 Å². The molecule has 1 aliphatic heterocycles. The summed E-state index contributed by atoms with van der Waals surface area (Å²) in [4.78, 5) is 12.3. The Morgan fingerprint density at radius 2 is 2.11 bits per heavy atom. The lowest BCUT2D eigenvalue weighted by atomic mass is 9.90. The van der Waals surface area contributed by atoms with Gasteiger partial charge in [0.2, 0.25) is 0 Å². The van der Waals surface area contributed by atoms with Gasteiger partial charge in [-0.1, -0.05) is 0 Å². The van der Waals surface area contributed by atoms with E-state index >= 15 is 0 Å². The van der Waals surface area contributed by atoms with Crippen LogP contribution in [-0.2, 0) is 0 Å². The third kappa shape index (κ3) is 3.48. The lowest BCUT2D eigenvalue weighted by Gasteiger charge is -2.35. The first-order valence-electron chi connectivity index (χ1n) is 6.41. The molecule has 2 N–H and O–H groups in total. The maximum Gasteiger partial charge on any atom is 0.251 e. The maximum atomic E-state index is 12.3. The molecule has 0 radical (unpaired) electrons. The number of rotatable bonds is 3. The lowest BCUT2D eigenvalue weighted by molar-refractivity contribution is 0.0887. The third-order valence-corrected chi connectivity index (χ3v) is 4.16. The van der Waals surface area contributed by atoms with Crippen LogP contribution in [-0.4, -0.2) is 31.6 Å². The second kappa shape index (κ2) is 5.92. The van der Waals surface area contributed by atoms with E-state index in [1.807, 2.05) is 0 Å². The van der Waals surface area contributed by atoms with E-state index < -0.39 is 0 Å². The summed E-state index contributed by atoms with van der Waals surface area (Å²) in [7, 11) is 1.61. The highest BCUT2D eigenvalue weighted by atomic mass is 79.9. The summed E-state index contributed by atoms with van der Waals surface area (Å²) in [5.74, 6) is 0.692. The van der Waals surface area contributed by atoms with Gasteiger partial charge in [0.1, 0.15) is 5.75 Å². The number of carbonyl (C=O) groups is 1. The van der Waals surface area contributed by atoms with E-state index in [0.717, 1.165) is 36.2 Å². The Balaban J connectivity index is 2.09. The fourth-order valence-electron chi connectivity index (χ4n) is 2.26. The van der Waals surface area contributed by atoms with Crippen LogP contribution in [0.15, 0.2) is 22.7 Å². The Labute approximate surface area is 122 Å². The minimum Gasteiger partial charge on any atom is -0.496 e. The molecule has 0 aliphatic carbocycles. The molecule has 1 aromatic carbocycles. The second-order valence-electron chi connectivity index (χ2n) is 5.11. The number of amides is 1. The predicted molar refractivity (Wildman–Crippen MR) is 78.7 cm³/mol. The quantitative estimate of drug-likeness (QED) is 0.896. The lowest BCUT2D eigenvalue weighted by Crippen LogP contribution is -2.52. The van der Waals surface area contributed by atoms with Crippen molar-refractivity contribution < 1.29 is 9.53 Å². The Bertz CT molecular complexity index is 471. The molecule has 0 aromatic heterocycles. The number of ether oxygens (including phenoxy) is 1. The molecule has 0 bridgehead atoms. The molecule has 0 spiro atoms. The number of hydrogen-bond donors (Lipinski definition) is 2. The molecule has 5 heteroatoms. The van der Waals surface area contributed by atoms with Gasteiger partial charge in [-0.05, 0) is 67.0 Å². The fraction of sp³-hybridized carbons (Fsp3) is 0.500. The van der Waals surface area contributed by atoms with Crippen molar-refractivity contribution in [3.05, 3.63) is 28.2 Å². The third-order valence-electron chi connectivity index (χ3n) is 3.54. The molecule has 1 saturated heterocycles. The van der Waals surface area contributed by atoms with Crippen molar-refractivity contribution in [2.45, 2.75) is 25.3 Å². The summed E-state index contributed by atoms with van der Waals surface area (Å²) in [5, 5.41) is 6.44. The molecule has 19 heavy (non-hydrogen) atoms. The van der Waals surface area contributed by atoms with E-state index in [4.69, 9.17) is 4.74 Å². The Morgan fingerprint density at radius 3 is 2.68 bits per heavy atom. The molecule has 1 aromatic rings. The van der Waals surface area contributed by atoms with Gasteiger partial charge in [-0.3, -0.25) is 4.79 Å². The number of carbonyl (C=O) groups excluding carboxylic acids is 1. The number of nitrogens with one attached hydrogen (secondary N) is 2. The minimum atomic E-state index is -0.116. The van der Waals surface area contributed by atoms with Crippen LogP contribution in [0, 0.1) is 0 Å². The molecule has 2 rings (SSSR count). The first kappa shape index (κ1) is 14.3. The van der Waals surface area contributed by atoms with Crippen LogP contribution in [0.5, 0.6) is 5.75 Å². The van der Waals surface area contributed by atoms with E-state index in [-0.39, 0.29) is 11.4 Å². The predicted octanol–water partition coefficient (Wildman–Crippen LogP) is 2.33. The van der Waals surface area contributed by atoms with E-state index in [0.29, 0.717) is 5.56 Å². The summed E-state index contributed by atoms with van der Waals surface area (Å²) in [6, 6.07) is 5.37. The highest BCUT2D eigenvalue weighted by Gasteiger charge is 2.28. The Hall–Kier alpha value is -1.07. The van der Waals surface area contributed by atoms with Crippen molar-refractivity contribution in [1.29, 1.82) is 0 Å². The highest BCUT2D eigenvalue weighted by molar-refractivity contribution is 9.10. The maximum absolute atomic E-state index is 12.3. The van der Waals surface area contributed by atoms with Crippen LogP contribution in [0.25, 0.3) is 0 Å². The van der Waals surface area contributed by atoms with Crippen molar-refractivity contribution in [3.63, 3.8) is 0 Å². The molecule has 1 fully saturated rings. The molecule has 0 unspecified atom stereocenters. The fourth-order valence-corrected chi connectivity index (χ4v) is 2.80. The number of piperidine rings is 1. The van der Waals surface area contributed by atoms with Gasteiger partial charge < -0.3 is 15.4 Å². The summed E-state index contributed by atoms with van der Waals surface area (Å²) < 4.78 is 5.95. The van der Waals surface area contributed by atoms with Crippen LogP contribution < -0.4 is 15.4 Å². The van der Waals surface area contributed by atoms with Crippen molar-refractivity contribution in [3.8, 4) is 5.75 Å². The number of methoxy groups -OCH3 is 1. The van der Waals surface area contributed by atoms with Crippen molar-refractivity contribution in [1.82, 2.24) is 10.6 Å². The molecule has 104 valence electrons. The summed E-state index contributed by atoms with van der Waals surface area (Å²) in [6.45, 7) is 4.00. The van der Waals surface area contributed by atoms with E-state index in [9.17, 15) is 4.79 Å². The molecule has 1 aliphatic rings. The molecule has 4 nitrogen and oxygen atoms in total. The highest BCUT2D eigenvalue weighted by Crippen LogP contribution is 2.26. The zero-order valence-corrected chi connectivity index (χ0v) is 12.8. The van der Waals surface area contributed by atoms with Gasteiger partial charge in [-0.25, -0.2) is 0 Å². The smallest absolute Gasteiger partial charge is 0.251 e. The zero-order valence-electron chi connectivity index (χ0n) is 11.3. The van der Waals surface area contributed by atoms with Crippen LogP contribution in [0.3, 0.4) is 0 Å². The summed E-state index contributed by atoms with van der Waals surface area (Å²) in [6.07, 6.45) is 1.91. The largest absolute Gasteiger partial charge is 0.496 e. The van der Waals surface area contributed by atoms with Gasteiger partial charge in [0.15, 0.2) is 0 Å². The van der Waals surface area contributed by atoms with Crippen LogP contribution >= 0.6 is 15.9 Å². The molecular weight excluding hydrogens is 308 g/mol. The molecule has 1 heterocycles. The van der Waals surface area contributed by atoms with Crippen LogP contribution in [0.1, 0.15) is 30.1 Å². The second-order valence-corrected chi connectivity index (χ2v) is 5.97. The Morgan fingerprint density at radius 1 is 1.42 bits per heavy atom. The van der Waals surface area contributed by atoms with Crippen LogP contribution in [0.2, 0.25) is 0 Å². The average Bonchev–Trinajstić information content (AvgIpc) is 2.39. The number of halogens is 1. The molecule has 0 atom stereocenters. The van der Waals surface area contributed by atoms with E-state index in [2.05, 4.69) is 33.5 Å². The summed E-state index contributed by atoms with van der Waals surface area (Å²) in [5.41, 5.74) is 0.529. The normalized spacial score (nSPS) is 17.8. The van der Waals surface area contributed by atoms with Crippen molar-refractivity contribution in [2.75, 3.05) is 20.2 Å². The van der Waals surface area contributed by atoms with Gasteiger partial charge in [0, 0.05) is 11.1 Å². The SMILES string of the molecule is COc1ccc(C(=O)NC2(C)CCNCC2)cc1Br. The van der Waals surface area contributed by atoms with Gasteiger partial charge in [0.05, 0.1) is 11.6 Å². The van der Waals surface area contributed by atoms with Gasteiger partial charge in [-0.2, -0.15) is 0 Å².